The van der Waals surface area contributed by atoms with Gasteiger partial charge in [-0.1, -0.05) is 0 Å². The summed E-state index contributed by atoms with van der Waals surface area (Å²) in [6.45, 7) is 4.87. The summed E-state index contributed by atoms with van der Waals surface area (Å²) in [5.41, 5.74) is -0.0465. The molecule has 7 heteroatoms. The number of H-pyrrole nitrogens is 1. The zero-order valence-corrected chi connectivity index (χ0v) is 15.8. The predicted octanol–water partition coefficient (Wildman–Crippen LogP) is 2.39. The third kappa shape index (κ3) is 3.86. The van der Waals surface area contributed by atoms with Crippen molar-refractivity contribution in [2.45, 2.75) is 32.7 Å². The van der Waals surface area contributed by atoms with E-state index in [4.69, 9.17) is 0 Å². The Kier molecular flexibility index (Phi) is 5.30. The third-order valence-electron chi connectivity index (χ3n) is 5.28. The minimum absolute atomic E-state index is 0.0835. The molecule has 1 aromatic carbocycles. The van der Waals surface area contributed by atoms with Crippen LogP contribution in [0, 0.1) is 11.7 Å². The monoisotopic (exact) mass is 373 g/mol. The molecule has 0 bridgehead atoms. The first kappa shape index (κ1) is 19.1. The molecule has 0 unspecified atom stereocenters. The van der Waals surface area contributed by atoms with Crippen molar-refractivity contribution in [1.82, 2.24) is 14.8 Å². The number of halogens is 1. The number of hydrogen-bond donors (Lipinski definition) is 1. The lowest BCUT2D eigenvalue weighted by Gasteiger charge is -2.34. The number of aromatic amines is 1. The van der Waals surface area contributed by atoms with Crippen LogP contribution in [0.25, 0.3) is 10.9 Å². The van der Waals surface area contributed by atoms with Gasteiger partial charge in [0.15, 0.2) is 0 Å². The van der Waals surface area contributed by atoms with E-state index in [1.54, 1.807) is 22.9 Å². The van der Waals surface area contributed by atoms with Crippen LogP contribution >= 0.6 is 0 Å². The molecule has 0 spiro atoms. The van der Waals surface area contributed by atoms with Crippen LogP contribution in [-0.2, 0) is 4.79 Å². The molecule has 6 nitrogen and oxygen atoms in total. The van der Waals surface area contributed by atoms with Gasteiger partial charge in [0.25, 0.3) is 5.91 Å². The zero-order chi connectivity index (χ0) is 19.7. The average Bonchev–Trinajstić information content (AvgIpc) is 2.66. The van der Waals surface area contributed by atoms with Crippen molar-refractivity contribution in [3.63, 3.8) is 0 Å². The number of carbonyl (C=O) groups is 2. The van der Waals surface area contributed by atoms with Gasteiger partial charge in [0.05, 0.1) is 5.52 Å². The maximum absolute atomic E-state index is 14.3. The highest BCUT2D eigenvalue weighted by molar-refractivity contribution is 5.98. The minimum atomic E-state index is -0.628. The van der Waals surface area contributed by atoms with Crippen LogP contribution in [0.4, 0.5) is 4.39 Å². The number of fused-ring (bicyclic) bond motifs is 1. The van der Waals surface area contributed by atoms with Gasteiger partial charge in [-0.3, -0.25) is 14.4 Å². The molecule has 1 aliphatic rings. The first-order chi connectivity index (χ1) is 12.8. The van der Waals surface area contributed by atoms with Gasteiger partial charge in [-0.15, -0.1) is 0 Å². The maximum atomic E-state index is 14.3. The maximum Gasteiger partial charge on any atom is 0.253 e. The summed E-state index contributed by atoms with van der Waals surface area (Å²) in [6.07, 6.45) is 1.20. The summed E-state index contributed by atoms with van der Waals surface area (Å²) in [7, 11) is 1.80. The lowest BCUT2D eigenvalue weighted by atomic mass is 9.94. The van der Waals surface area contributed by atoms with Gasteiger partial charge in [0, 0.05) is 49.1 Å². The lowest BCUT2D eigenvalue weighted by molar-refractivity contribution is -0.137. The molecule has 3 rings (SSSR count). The van der Waals surface area contributed by atoms with E-state index in [0.717, 1.165) is 6.07 Å². The van der Waals surface area contributed by atoms with E-state index >= 15 is 0 Å². The first-order valence-corrected chi connectivity index (χ1v) is 9.16. The number of piperidine rings is 1. The summed E-state index contributed by atoms with van der Waals surface area (Å²) in [4.78, 5) is 42.4. The van der Waals surface area contributed by atoms with E-state index in [-0.39, 0.29) is 34.9 Å². The average molecular weight is 373 g/mol. The van der Waals surface area contributed by atoms with E-state index in [9.17, 15) is 18.8 Å². The van der Waals surface area contributed by atoms with Crippen molar-refractivity contribution in [2.75, 3.05) is 20.1 Å². The Morgan fingerprint density at radius 3 is 2.52 bits per heavy atom. The Bertz CT molecular complexity index is 930. The highest BCUT2D eigenvalue weighted by Gasteiger charge is 2.30. The van der Waals surface area contributed by atoms with E-state index in [0.29, 0.717) is 31.3 Å². The Morgan fingerprint density at radius 2 is 1.89 bits per heavy atom. The highest BCUT2D eigenvalue weighted by atomic mass is 19.1. The summed E-state index contributed by atoms with van der Waals surface area (Å²) in [5, 5.41) is 0.474. The first-order valence-electron chi connectivity index (χ1n) is 9.16. The SMILES string of the molecule is CC(C)N(C)C(=O)C1CCN(C(=O)c2cc(F)c3[nH]c(=O)ccc3c2)CC1. The van der Waals surface area contributed by atoms with E-state index in [2.05, 4.69) is 4.98 Å². The van der Waals surface area contributed by atoms with Crippen molar-refractivity contribution >= 4 is 22.7 Å². The number of likely N-dealkylation sites (tertiary alicyclic amines) is 1. The van der Waals surface area contributed by atoms with Crippen molar-refractivity contribution < 1.29 is 14.0 Å². The van der Waals surface area contributed by atoms with Crippen LogP contribution in [0.15, 0.2) is 29.1 Å². The van der Waals surface area contributed by atoms with Gasteiger partial charge in [-0.05, 0) is 44.9 Å². The normalized spacial score (nSPS) is 15.4. The molecule has 144 valence electrons. The summed E-state index contributed by atoms with van der Waals surface area (Å²) < 4.78 is 14.3. The molecule has 1 saturated heterocycles. The molecule has 0 radical (unpaired) electrons. The summed E-state index contributed by atoms with van der Waals surface area (Å²) in [5.74, 6) is -0.861. The Balaban J connectivity index is 1.73. The van der Waals surface area contributed by atoms with E-state index in [1.807, 2.05) is 13.8 Å². The van der Waals surface area contributed by atoms with Crippen molar-refractivity contribution in [3.8, 4) is 0 Å². The Labute approximate surface area is 157 Å². The van der Waals surface area contributed by atoms with Crippen molar-refractivity contribution in [2.24, 2.45) is 5.92 Å². The van der Waals surface area contributed by atoms with Gasteiger partial charge in [-0.25, -0.2) is 4.39 Å². The summed E-state index contributed by atoms with van der Waals surface area (Å²) in [6, 6.07) is 5.69. The molecular weight excluding hydrogens is 349 g/mol. The number of rotatable bonds is 3. The molecule has 27 heavy (non-hydrogen) atoms. The Hall–Kier alpha value is -2.70. The van der Waals surface area contributed by atoms with Gasteiger partial charge < -0.3 is 14.8 Å². The van der Waals surface area contributed by atoms with Crippen LogP contribution in [-0.4, -0.2) is 52.8 Å². The quantitative estimate of drug-likeness (QED) is 0.898. The smallest absolute Gasteiger partial charge is 0.253 e. The molecule has 0 saturated carbocycles. The second-order valence-corrected chi connectivity index (χ2v) is 7.35. The zero-order valence-electron chi connectivity index (χ0n) is 15.8. The standard InChI is InChI=1S/C20H24FN3O3/c1-12(2)23(3)19(26)13-6-8-24(9-7-13)20(27)15-10-14-4-5-17(25)22-18(14)16(21)11-15/h4-5,10-13H,6-9H2,1-3H3,(H,22,25). The number of amides is 2. The molecular formula is C20H24FN3O3. The molecule has 0 atom stereocenters. The molecule has 2 aromatic rings. The van der Waals surface area contributed by atoms with Gasteiger partial charge in [0.1, 0.15) is 5.82 Å². The molecule has 1 N–H and O–H groups in total. The fraction of sp³-hybridized carbons (Fsp3) is 0.450. The molecule has 2 amide bonds. The number of nitrogens with zero attached hydrogens (tertiary/aromatic N) is 2. The van der Waals surface area contributed by atoms with Gasteiger partial charge >= 0.3 is 0 Å². The lowest BCUT2D eigenvalue weighted by Crippen LogP contribution is -2.45. The van der Waals surface area contributed by atoms with Crippen LogP contribution in [0.3, 0.4) is 0 Å². The summed E-state index contributed by atoms with van der Waals surface area (Å²) >= 11 is 0. The predicted molar refractivity (Wildman–Crippen MR) is 101 cm³/mol. The number of hydrogen-bond acceptors (Lipinski definition) is 3. The second kappa shape index (κ2) is 7.50. The third-order valence-corrected chi connectivity index (χ3v) is 5.28. The van der Waals surface area contributed by atoms with Crippen LogP contribution in [0.5, 0.6) is 0 Å². The minimum Gasteiger partial charge on any atom is -0.343 e. The molecule has 1 fully saturated rings. The van der Waals surface area contributed by atoms with Gasteiger partial charge in [0.2, 0.25) is 11.5 Å². The second-order valence-electron chi connectivity index (χ2n) is 7.35. The van der Waals surface area contributed by atoms with E-state index < -0.39 is 11.4 Å². The Morgan fingerprint density at radius 1 is 1.22 bits per heavy atom. The largest absolute Gasteiger partial charge is 0.343 e. The van der Waals surface area contributed by atoms with E-state index in [1.165, 1.54) is 12.1 Å². The molecule has 0 aliphatic carbocycles. The fourth-order valence-electron chi connectivity index (χ4n) is 3.40. The van der Waals surface area contributed by atoms with Crippen LogP contribution < -0.4 is 5.56 Å². The molecule has 1 aliphatic heterocycles. The molecule has 2 heterocycles. The van der Waals surface area contributed by atoms with Crippen molar-refractivity contribution in [1.29, 1.82) is 0 Å². The number of pyridine rings is 1. The highest BCUT2D eigenvalue weighted by Crippen LogP contribution is 2.23. The van der Waals surface area contributed by atoms with Crippen LogP contribution in [0.1, 0.15) is 37.0 Å². The number of carbonyl (C=O) groups excluding carboxylic acids is 2. The number of aromatic nitrogens is 1. The molecule has 1 aromatic heterocycles. The number of nitrogens with one attached hydrogen (secondary N) is 1. The topological polar surface area (TPSA) is 73.5 Å². The van der Waals surface area contributed by atoms with Crippen molar-refractivity contribution in [3.05, 3.63) is 46.0 Å². The van der Waals surface area contributed by atoms with Gasteiger partial charge in [-0.2, -0.15) is 0 Å². The number of benzene rings is 1. The van der Waals surface area contributed by atoms with Crippen LogP contribution in [0.2, 0.25) is 0 Å². The fourth-order valence-corrected chi connectivity index (χ4v) is 3.40.